The summed E-state index contributed by atoms with van der Waals surface area (Å²) in [6.45, 7) is 0. The van der Waals surface area contributed by atoms with Gasteiger partial charge in [0.2, 0.25) is 0 Å². The zero-order valence-electron chi connectivity index (χ0n) is 5.57. The molecule has 0 saturated carbocycles. The van der Waals surface area contributed by atoms with Crippen LogP contribution in [0.25, 0.3) is 0 Å². The van der Waals surface area contributed by atoms with Crippen molar-refractivity contribution in [3.63, 3.8) is 0 Å². The summed E-state index contributed by atoms with van der Waals surface area (Å²) >= 11 is 0. The zero-order valence-corrected chi connectivity index (χ0v) is 9.74. The van der Waals surface area contributed by atoms with E-state index in [2.05, 4.69) is 21.2 Å². The van der Waals surface area contributed by atoms with E-state index in [1.165, 1.54) is 0 Å². The predicted octanol–water partition coefficient (Wildman–Crippen LogP) is 0.402. The van der Waals surface area contributed by atoms with E-state index >= 15 is 0 Å². The van der Waals surface area contributed by atoms with Gasteiger partial charge < -0.3 is 11.2 Å². The first-order chi connectivity index (χ1) is 4.43. The van der Waals surface area contributed by atoms with Crippen molar-refractivity contribution in [1.82, 2.24) is 9.97 Å². The van der Waals surface area contributed by atoms with Crippen LogP contribution in [0.15, 0.2) is 23.5 Å². The summed E-state index contributed by atoms with van der Waals surface area (Å²) < 4.78 is 0. The number of aliphatic imine (C=N–C) groups is 1. The summed E-state index contributed by atoms with van der Waals surface area (Å²) in [5.74, 6) is 0.528. The molecule has 4 heteroatoms. The molecule has 0 aliphatic carbocycles. The van der Waals surface area contributed by atoms with Gasteiger partial charge in [-0.1, -0.05) is 0 Å². The van der Waals surface area contributed by atoms with Crippen molar-refractivity contribution >= 4 is 6.21 Å². The van der Waals surface area contributed by atoms with Gasteiger partial charge >= 0.3 is 0 Å². The molecule has 0 aliphatic rings. The summed E-state index contributed by atoms with van der Waals surface area (Å²) in [4.78, 5) is 11.3. The summed E-state index contributed by atoms with van der Waals surface area (Å²) in [6.07, 6.45) is 5.92. The maximum Gasteiger partial charge on any atom is 0.0273 e. The fourth-order valence-electron chi connectivity index (χ4n) is 0.457. The molecule has 0 atom stereocenters. The van der Waals surface area contributed by atoms with Crippen LogP contribution in [-0.2, 0) is 0 Å². The molecule has 0 bridgehead atoms. The van der Waals surface area contributed by atoms with Crippen LogP contribution in [0.2, 0.25) is 0 Å². The molecule has 0 amide bonds. The molecule has 0 N–H and O–H groups in total. The van der Waals surface area contributed by atoms with E-state index < -0.39 is 0 Å². The molecule has 1 heterocycles. The third-order valence-corrected chi connectivity index (χ3v) is 0.778. The Bertz CT molecular complexity index is 197. The number of hydrogen-bond acceptors (Lipinski definition) is 3. The minimum absolute atomic E-state index is 0. The standard InChI is InChI=1S/C6H6N3.U/c1-7-5-6-8-3-2-4-9-6;/h2-4H,1H3;/q-1;. The molecule has 0 fully saturated rings. The van der Waals surface area contributed by atoms with Gasteiger partial charge in [0.25, 0.3) is 0 Å². The van der Waals surface area contributed by atoms with E-state index in [1.54, 1.807) is 25.5 Å². The van der Waals surface area contributed by atoms with Gasteiger partial charge in [-0.05, 0) is 18.9 Å². The van der Waals surface area contributed by atoms with E-state index in [0.717, 1.165) is 0 Å². The normalized spacial score (nSPS) is 9.30. The fraction of sp³-hybridized carbons (Fsp3) is 0.167. The van der Waals surface area contributed by atoms with Gasteiger partial charge in [0.15, 0.2) is 0 Å². The van der Waals surface area contributed by atoms with Crippen LogP contribution < -0.4 is 0 Å². The van der Waals surface area contributed by atoms with Crippen LogP contribution in [0.4, 0.5) is 0 Å². The minimum atomic E-state index is 0. The molecule has 0 aliphatic heterocycles. The van der Waals surface area contributed by atoms with E-state index in [-0.39, 0.29) is 31.1 Å². The van der Waals surface area contributed by atoms with Gasteiger partial charge in [-0.2, -0.15) is 0 Å². The quantitative estimate of drug-likeness (QED) is 0.539. The molecular formula is C6H6N3U-. The molecule has 0 spiro atoms. The average molecular weight is 358 g/mol. The first-order valence-corrected chi connectivity index (χ1v) is 2.55. The van der Waals surface area contributed by atoms with Crippen molar-refractivity contribution in [1.29, 1.82) is 0 Å². The molecule has 0 radical (unpaired) electrons. The van der Waals surface area contributed by atoms with E-state index in [1.807, 2.05) is 0 Å². The average Bonchev–Trinajstić information content (AvgIpc) is 1.91. The van der Waals surface area contributed by atoms with E-state index in [9.17, 15) is 0 Å². The maximum absolute atomic E-state index is 3.85. The topological polar surface area (TPSA) is 38.1 Å². The smallest absolute Gasteiger partial charge is 0.0273 e. The molecule has 0 aromatic carbocycles. The van der Waals surface area contributed by atoms with Crippen LogP contribution in [0.1, 0.15) is 5.82 Å². The Kier molecular flexibility index (Phi) is 5.47. The monoisotopic (exact) mass is 358 g/mol. The summed E-state index contributed by atoms with van der Waals surface area (Å²) in [6, 6.07) is 1.75. The fourth-order valence-corrected chi connectivity index (χ4v) is 0.457. The Balaban J connectivity index is 0.000000810. The second kappa shape index (κ2) is 5.58. The van der Waals surface area contributed by atoms with Gasteiger partial charge in [-0.15, -0.1) is 0 Å². The summed E-state index contributed by atoms with van der Waals surface area (Å²) in [5.41, 5.74) is 0. The van der Waals surface area contributed by atoms with Crippen LogP contribution >= 0.6 is 0 Å². The first-order valence-electron chi connectivity index (χ1n) is 2.55. The Labute approximate surface area is 83.4 Å². The van der Waals surface area contributed by atoms with Crippen LogP contribution in [0.5, 0.6) is 0 Å². The van der Waals surface area contributed by atoms with Crippen LogP contribution in [0.3, 0.4) is 0 Å². The Morgan fingerprint density at radius 2 is 2.00 bits per heavy atom. The third-order valence-electron chi connectivity index (χ3n) is 0.778. The van der Waals surface area contributed by atoms with Crippen LogP contribution in [0, 0.1) is 31.1 Å². The van der Waals surface area contributed by atoms with Gasteiger partial charge in [-0.3, -0.25) is 9.97 Å². The molecule has 0 saturated heterocycles. The first kappa shape index (κ1) is 9.80. The molecule has 10 heavy (non-hydrogen) atoms. The largest absolute Gasteiger partial charge is 0.498 e. The Morgan fingerprint density at radius 1 is 1.40 bits per heavy atom. The Morgan fingerprint density at radius 3 is 2.50 bits per heavy atom. The molecule has 1 rings (SSSR count). The van der Waals surface area contributed by atoms with Crippen molar-refractivity contribution in [2.24, 2.45) is 4.99 Å². The molecule has 3 nitrogen and oxygen atoms in total. The van der Waals surface area contributed by atoms with Gasteiger partial charge in [-0.25, -0.2) is 0 Å². The van der Waals surface area contributed by atoms with E-state index in [4.69, 9.17) is 0 Å². The molecule has 50 valence electrons. The van der Waals surface area contributed by atoms with Crippen molar-refractivity contribution in [3.05, 3.63) is 24.3 Å². The van der Waals surface area contributed by atoms with Gasteiger partial charge in [0.1, 0.15) is 0 Å². The zero-order chi connectivity index (χ0) is 6.53. The number of rotatable bonds is 1. The van der Waals surface area contributed by atoms with E-state index in [0.29, 0.717) is 5.82 Å². The predicted molar refractivity (Wildman–Crippen MR) is 34.5 cm³/mol. The maximum atomic E-state index is 3.85. The second-order valence-electron chi connectivity index (χ2n) is 1.41. The third kappa shape index (κ3) is 3.09. The van der Waals surface area contributed by atoms with Crippen molar-refractivity contribution in [2.75, 3.05) is 7.05 Å². The molecule has 1 aromatic rings. The van der Waals surface area contributed by atoms with Gasteiger partial charge in [0, 0.05) is 43.5 Å². The van der Waals surface area contributed by atoms with Crippen molar-refractivity contribution < 1.29 is 31.1 Å². The van der Waals surface area contributed by atoms with Crippen molar-refractivity contribution in [3.8, 4) is 0 Å². The van der Waals surface area contributed by atoms with Crippen LogP contribution in [-0.4, -0.2) is 23.2 Å². The van der Waals surface area contributed by atoms with Crippen molar-refractivity contribution in [2.45, 2.75) is 0 Å². The number of aromatic nitrogens is 2. The van der Waals surface area contributed by atoms with Gasteiger partial charge in [0.05, 0.1) is 0 Å². The summed E-state index contributed by atoms with van der Waals surface area (Å²) in [7, 11) is 1.64. The molecule has 1 aromatic heterocycles. The molecular weight excluding hydrogens is 352 g/mol. The second-order valence-corrected chi connectivity index (χ2v) is 1.41. The number of nitrogens with zero attached hydrogens (tertiary/aromatic N) is 3. The summed E-state index contributed by atoms with van der Waals surface area (Å²) in [5, 5.41) is 0. The SMILES string of the molecule is CN=[C-]c1ncccn1.[U]. The number of hydrogen-bond donors (Lipinski definition) is 0. The Hall–Kier alpha value is -0.198. The molecule has 0 unspecified atom stereocenters. The minimum Gasteiger partial charge on any atom is -0.498 e.